The molecule has 0 saturated carbocycles. The van der Waals surface area contributed by atoms with Crippen LogP contribution in [0.2, 0.25) is 0 Å². The second kappa shape index (κ2) is 22.0. The summed E-state index contributed by atoms with van der Waals surface area (Å²) in [6.07, 6.45) is 2.73. The summed E-state index contributed by atoms with van der Waals surface area (Å²) in [5, 5.41) is 14.2. The summed E-state index contributed by atoms with van der Waals surface area (Å²) in [6, 6.07) is 9.73. The molecule has 72 heavy (non-hydrogen) atoms. The molecule has 2 N–H and O–H groups in total. The van der Waals surface area contributed by atoms with E-state index in [1.54, 1.807) is 105 Å². The third kappa shape index (κ3) is 15.4. The number of guanidine groups is 2. The number of nitrogens with one attached hydrogen (secondary N) is 2. The second-order valence-electron chi connectivity index (χ2n) is 22.1. The van der Waals surface area contributed by atoms with Crippen molar-refractivity contribution in [3.05, 3.63) is 71.3 Å². The highest BCUT2D eigenvalue weighted by Crippen LogP contribution is 2.37. The molecule has 0 unspecified atom stereocenters. The SMILES string of the molecule is CN1CCC(n2c(-c3ccc(C4=CCN(C(=NC(=O)OC(C)(C)C)NC(=O)OC(C)(C)C)CC4)cc3F)nnc2-c2ccc(C3=CCN(C(=NC(=O)OC(C)(C)C)NC(=O)OC(C)(C)C)CC3)cc2F)CC1. The van der Waals surface area contributed by atoms with E-state index in [1.807, 2.05) is 35.9 Å². The number of piperidine rings is 1. The van der Waals surface area contributed by atoms with Gasteiger partial charge in [-0.25, -0.2) is 28.0 Å². The molecule has 0 radical (unpaired) electrons. The van der Waals surface area contributed by atoms with Gasteiger partial charge in [-0.3, -0.25) is 10.6 Å². The Labute approximate surface area is 420 Å². The first-order valence-electron chi connectivity index (χ1n) is 24.3. The fraction of sp³-hybridized carbons (Fsp3) is 0.538. The van der Waals surface area contributed by atoms with Crippen LogP contribution in [0.5, 0.6) is 0 Å². The van der Waals surface area contributed by atoms with Crippen LogP contribution in [0.4, 0.5) is 28.0 Å². The number of halogens is 2. The minimum atomic E-state index is -0.875. The second-order valence-corrected chi connectivity index (χ2v) is 22.1. The highest BCUT2D eigenvalue weighted by molar-refractivity contribution is 6.00. The number of amides is 4. The van der Waals surface area contributed by atoms with Crippen molar-refractivity contribution < 1.29 is 46.9 Å². The Morgan fingerprint density at radius 1 is 0.583 bits per heavy atom. The molecular weight excluding hydrogens is 931 g/mol. The van der Waals surface area contributed by atoms with Crippen LogP contribution in [-0.2, 0) is 18.9 Å². The maximum atomic E-state index is 16.5. The van der Waals surface area contributed by atoms with Crippen LogP contribution in [0.3, 0.4) is 0 Å². The summed E-state index contributed by atoms with van der Waals surface area (Å²) in [5.41, 5.74) is 0.188. The van der Waals surface area contributed by atoms with Gasteiger partial charge in [0.15, 0.2) is 11.6 Å². The van der Waals surface area contributed by atoms with Crippen LogP contribution in [0.25, 0.3) is 33.9 Å². The first-order valence-corrected chi connectivity index (χ1v) is 24.3. The molecule has 20 heteroatoms. The van der Waals surface area contributed by atoms with E-state index in [0.717, 1.165) is 24.2 Å². The van der Waals surface area contributed by atoms with Crippen molar-refractivity contribution in [2.75, 3.05) is 46.3 Å². The normalized spacial score (nSPS) is 16.9. The number of benzene rings is 2. The summed E-state index contributed by atoms with van der Waals surface area (Å²) in [7, 11) is 2.04. The predicted molar refractivity (Wildman–Crippen MR) is 271 cm³/mol. The fourth-order valence-corrected chi connectivity index (χ4v) is 8.19. The lowest BCUT2D eigenvalue weighted by Gasteiger charge is -2.31. The number of nitrogens with zero attached hydrogens (tertiary/aromatic N) is 8. The van der Waals surface area contributed by atoms with Gasteiger partial charge in [0.05, 0.1) is 11.1 Å². The summed E-state index contributed by atoms with van der Waals surface area (Å²) < 4.78 is 56.6. The molecule has 0 spiro atoms. The average molecular weight is 1000 g/mol. The largest absolute Gasteiger partial charge is 0.444 e. The molecule has 6 rings (SSSR count). The van der Waals surface area contributed by atoms with Gasteiger partial charge in [-0.15, -0.1) is 20.2 Å². The van der Waals surface area contributed by atoms with Crippen molar-refractivity contribution in [1.29, 1.82) is 0 Å². The van der Waals surface area contributed by atoms with Crippen LogP contribution < -0.4 is 10.6 Å². The number of aromatic nitrogens is 3. The van der Waals surface area contributed by atoms with Gasteiger partial charge >= 0.3 is 24.4 Å². The molecule has 0 atom stereocenters. The zero-order valence-electron chi connectivity index (χ0n) is 43.9. The van der Waals surface area contributed by atoms with Crippen LogP contribution in [0.1, 0.15) is 126 Å². The quantitative estimate of drug-likeness (QED) is 0.139. The van der Waals surface area contributed by atoms with Crippen LogP contribution in [-0.4, -0.2) is 134 Å². The van der Waals surface area contributed by atoms with E-state index in [0.29, 0.717) is 49.9 Å². The van der Waals surface area contributed by atoms with Gasteiger partial charge in [0.25, 0.3) is 0 Å². The Hall–Kier alpha value is -6.70. The molecule has 3 aliphatic rings. The highest BCUT2D eigenvalue weighted by Gasteiger charge is 2.31. The Kier molecular flexibility index (Phi) is 16.7. The monoisotopic (exact) mass is 1000 g/mol. The van der Waals surface area contributed by atoms with Crippen molar-refractivity contribution in [2.45, 2.75) is 137 Å². The van der Waals surface area contributed by atoms with E-state index in [4.69, 9.17) is 18.9 Å². The summed E-state index contributed by atoms with van der Waals surface area (Å²) in [6.45, 7) is 23.3. The number of carbonyl (C=O) groups excluding carboxylic acids is 4. The van der Waals surface area contributed by atoms with Gasteiger partial charge in [-0.1, -0.05) is 24.3 Å². The molecule has 390 valence electrons. The lowest BCUT2D eigenvalue weighted by molar-refractivity contribution is 0.0536. The molecule has 1 fully saturated rings. The maximum absolute atomic E-state index is 16.5. The van der Waals surface area contributed by atoms with Gasteiger partial charge in [0.2, 0.25) is 11.9 Å². The molecule has 0 bridgehead atoms. The average Bonchev–Trinajstić information content (AvgIpc) is 3.68. The van der Waals surface area contributed by atoms with Crippen LogP contribution in [0, 0.1) is 11.6 Å². The van der Waals surface area contributed by atoms with Gasteiger partial charge in [0, 0.05) is 32.2 Å². The standard InChI is InChI=1S/C52H70F2N10O8/c1-49(2,3)69-45(65)55-43(56-46(66)70-50(4,5)6)62-26-18-32(19-27-62)34-14-16-37(39(53)30-34)41-59-60-42(64(41)36-22-24-61(13)25-23-36)38-17-15-35(31-40(38)54)33-20-28-63(29-21-33)44(57-47(67)71-51(7,8)9)58-48(68)72-52(10,11)12/h14-18,20,30-31,36H,19,21-29H2,1-13H3,(H,55,56,65,66)(H,57,58,67,68). The minimum absolute atomic E-state index is 0.0308. The van der Waals surface area contributed by atoms with Gasteiger partial charge in [-0.2, -0.15) is 0 Å². The third-order valence-corrected chi connectivity index (χ3v) is 11.3. The van der Waals surface area contributed by atoms with E-state index < -0.39 is 58.4 Å². The molecule has 4 amide bonds. The van der Waals surface area contributed by atoms with E-state index in [1.165, 1.54) is 12.1 Å². The van der Waals surface area contributed by atoms with Gasteiger partial charge < -0.3 is 38.2 Å². The molecule has 2 aromatic carbocycles. The molecule has 3 aromatic rings. The molecule has 0 aliphatic carbocycles. The van der Waals surface area contributed by atoms with Crippen molar-refractivity contribution in [3.8, 4) is 22.8 Å². The number of alkyl carbamates (subject to hydrolysis) is 2. The lowest BCUT2D eigenvalue weighted by Crippen LogP contribution is -2.48. The van der Waals surface area contributed by atoms with Gasteiger partial charge in [0.1, 0.15) is 34.0 Å². The highest BCUT2D eigenvalue weighted by atomic mass is 19.1. The number of likely N-dealkylation sites (tertiary alicyclic amines) is 1. The predicted octanol–water partition coefficient (Wildman–Crippen LogP) is 9.97. The number of ether oxygens (including phenoxy) is 4. The van der Waals surface area contributed by atoms with Crippen LogP contribution in [0.15, 0.2) is 58.5 Å². The summed E-state index contributed by atoms with van der Waals surface area (Å²) in [4.78, 5) is 64.8. The van der Waals surface area contributed by atoms with Crippen molar-refractivity contribution in [1.82, 2.24) is 40.1 Å². The molecule has 1 aromatic heterocycles. The smallest absolute Gasteiger partial charge is 0.437 e. The van der Waals surface area contributed by atoms with E-state index >= 15 is 8.78 Å². The van der Waals surface area contributed by atoms with E-state index in [-0.39, 0.29) is 53.8 Å². The Morgan fingerprint density at radius 2 is 0.958 bits per heavy atom. The summed E-state index contributed by atoms with van der Waals surface area (Å²) in [5.74, 6) is -0.555. The lowest BCUT2D eigenvalue weighted by atomic mass is 9.97. The summed E-state index contributed by atoms with van der Waals surface area (Å²) >= 11 is 0. The number of aliphatic imine (C=N–C) groups is 2. The number of carbonyl (C=O) groups is 4. The number of hydrogen-bond acceptors (Lipinski definition) is 11. The molecule has 1 saturated heterocycles. The maximum Gasteiger partial charge on any atom is 0.437 e. The topological polar surface area (TPSA) is 194 Å². The molecular formula is C52H70F2N10O8. The van der Waals surface area contributed by atoms with Crippen LogP contribution >= 0.6 is 0 Å². The zero-order chi connectivity index (χ0) is 52.9. The number of rotatable bonds is 5. The van der Waals surface area contributed by atoms with Crippen molar-refractivity contribution in [2.24, 2.45) is 9.98 Å². The first kappa shape index (κ1) is 54.6. The molecule has 3 aliphatic heterocycles. The minimum Gasteiger partial charge on any atom is -0.444 e. The number of hydrogen-bond donors (Lipinski definition) is 2. The van der Waals surface area contributed by atoms with E-state index in [2.05, 4.69) is 35.7 Å². The third-order valence-electron chi connectivity index (χ3n) is 11.3. The van der Waals surface area contributed by atoms with Crippen molar-refractivity contribution in [3.63, 3.8) is 0 Å². The first-order chi connectivity index (χ1) is 33.5. The van der Waals surface area contributed by atoms with Crippen molar-refractivity contribution >= 4 is 47.4 Å². The van der Waals surface area contributed by atoms with Gasteiger partial charge in [-0.05, 0) is 175 Å². The Balaban J connectivity index is 1.24. The molecule has 4 heterocycles. The Morgan fingerprint density at radius 3 is 1.28 bits per heavy atom. The fourth-order valence-electron chi connectivity index (χ4n) is 8.19. The van der Waals surface area contributed by atoms with E-state index in [9.17, 15) is 19.2 Å². The Bertz CT molecular complexity index is 2470. The molecule has 18 nitrogen and oxygen atoms in total. The zero-order valence-corrected chi connectivity index (χ0v) is 43.9.